The molecule has 2 aliphatic heterocycles. The number of amides is 4. The Morgan fingerprint density at radius 3 is 2.10 bits per heavy atom. The Labute approximate surface area is 113 Å². The number of aliphatic hydroxyl groups is 1. The van der Waals surface area contributed by atoms with Crippen molar-refractivity contribution in [2.45, 2.75) is 18.6 Å². The minimum absolute atomic E-state index is 0.219. The number of benzene rings is 1. The van der Waals surface area contributed by atoms with Crippen molar-refractivity contribution in [3.8, 4) is 0 Å². The molecule has 0 radical (unpaired) electrons. The van der Waals surface area contributed by atoms with Crippen molar-refractivity contribution in [2.75, 3.05) is 0 Å². The van der Waals surface area contributed by atoms with Crippen LogP contribution in [0, 0.1) is 0 Å². The summed E-state index contributed by atoms with van der Waals surface area (Å²) in [6, 6.07) is 5.06. The number of hydrogen-bond acceptors (Lipinski definition) is 5. The van der Waals surface area contributed by atoms with Gasteiger partial charge in [0.05, 0.1) is 11.1 Å². The molecule has 1 fully saturated rings. The van der Waals surface area contributed by atoms with Gasteiger partial charge in [-0.25, -0.2) is 0 Å². The van der Waals surface area contributed by atoms with E-state index in [1.54, 1.807) is 12.1 Å². The van der Waals surface area contributed by atoms with E-state index in [0.29, 0.717) is 0 Å². The fraction of sp³-hybridized carbons (Fsp3) is 0.231. The first-order valence-corrected chi connectivity index (χ1v) is 6.00. The zero-order chi connectivity index (χ0) is 14.4. The van der Waals surface area contributed by atoms with E-state index in [-0.39, 0.29) is 17.5 Å². The van der Waals surface area contributed by atoms with Crippen molar-refractivity contribution < 1.29 is 24.3 Å². The Balaban J connectivity index is 1.97. The third-order valence-electron chi connectivity index (χ3n) is 3.44. The summed E-state index contributed by atoms with van der Waals surface area (Å²) in [4.78, 5) is 48.2. The van der Waals surface area contributed by atoms with E-state index in [1.807, 2.05) is 5.32 Å². The average molecular weight is 274 g/mol. The van der Waals surface area contributed by atoms with E-state index in [1.165, 1.54) is 12.1 Å². The Morgan fingerprint density at radius 1 is 1.00 bits per heavy atom. The zero-order valence-corrected chi connectivity index (χ0v) is 10.2. The van der Waals surface area contributed by atoms with Gasteiger partial charge in [0, 0.05) is 6.42 Å². The molecule has 7 heteroatoms. The minimum atomic E-state index is -1.41. The molecule has 1 saturated heterocycles. The highest BCUT2D eigenvalue weighted by atomic mass is 16.3. The van der Waals surface area contributed by atoms with Gasteiger partial charge in [-0.1, -0.05) is 12.1 Å². The topological polar surface area (TPSA) is 104 Å². The summed E-state index contributed by atoms with van der Waals surface area (Å²) < 4.78 is 0. The molecule has 1 aromatic rings. The lowest BCUT2D eigenvalue weighted by Gasteiger charge is -2.30. The summed E-state index contributed by atoms with van der Waals surface area (Å²) >= 11 is 0. The molecule has 2 atom stereocenters. The summed E-state index contributed by atoms with van der Waals surface area (Å²) in [5, 5.41) is 11.5. The van der Waals surface area contributed by atoms with E-state index < -0.39 is 35.8 Å². The summed E-state index contributed by atoms with van der Waals surface area (Å²) in [5.41, 5.74) is 0.438. The van der Waals surface area contributed by atoms with Gasteiger partial charge in [0.25, 0.3) is 17.7 Å². The molecule has 4 amide bonds. The van der Waals surface area contributed by atoms with Crippen molar-refractivity contribution >= 4 is 23.6 Å². The maximum atomic E-state index is 12.2. The maximum Gasteiger partial charge on any atom is 0.262 e. The van der Waals surface area contributed by atoms with Gasteiger partial charge in [0.15, 0.2) is 0 Å². The normalized spacial score (nSPS) is 25.8. The number of carbonyl (C=O) groups is 4. The molecule has 1 unspecified atom stereocenters. The molecular weight excluding hydrogens is 264 g/mol. The number of imide groups is 2. The molecular formula is C13H10N2O5. The second kappa shape index (κ2) is 4.24. The van der Waals surface area contributed by atoms with Crippen LogP contribution in [0.3, 0.4) is 0 Å². The van der Waals surface area contributed by atoms with Gasteiger partial charge < -0.3 is 5.11 Å². The molecule has 3 rings (SSSR count). The van der Waals surface area contributed by atoms with Gasteiger partial charge in [-0.2, -0.15) is 0 Å². The number of nitrogens with zero attached hydrogens (tertiary/aromatic N) is 1. The average Bonchev–Trinajstić information content (AvgIpc) is 2.68. The van der Waals surface area contributed by atoms with Crippen LogP contribution in [0.15, 0.2) is 24.3 Å². The van der Waals surface area contributed by atoms with E-state index in [0.717, 1.165) is 4.90 Å². The Kier molecular flexibility index (Phi) is 2.65. The number of aliphatic hydroxyl groups excluding tert-OH is 1. The van der Waals surface area contributed by atoms with Gasteiger partial charge in [-0.3, -0.25) is 29.4 Å². The number of fused-ring (bicyclic) bond motifs is 1. The maximum absolute atomic E-state index is 12.2. The molecule has 2 heterocycles. The molecule has 1 aromatic carbocycles. The SMILES string of the molecule is O=C1NC(=O)[C@@H](N2C(=O)c3ccccc3C2=O)CC1O. The summed E-state index contributed by atoms with van der Waals surface area (Å²) in [5.74, 6) is -2.75. The number of piperidine rings is 1. The van der Waals surface area contributed by atoms with E-state index >= 15 is 0 Å². The van der Waals surface area contributed by atoms with Crippen LogP contribution in [0.2, 0.25) is 0 Å². The van der Waals surface area contributed by atoms with Gasteiger partial charge in [-0.05, 0) is 12.1 Å². The Morgan fingerprint density at radius 2 is 1.55 bits per heavy atom. The summed E-state index contributed by atoms with van der Waals surface area (Å²) in [6.45, 7) is 0. The van der Waals surface area contributed by atoms with Crippen molar-refractivity contribution in [3.05, 3.63) is 35.4 Å². The molecule has 0 aromatic heterocycles. The van der Waals surface area contributed by atoms with E-state index in [4.69, 9.17) is 0 Å². The van der Waals surface area contributed by atoms with E-state index in [2.05, 4.69) is 0 Å². The van der Waals surface area contributed by atoms with Crippen LogP contribution in [0.25, 0.3) is 0 Å². The first-order chi connectivity index (χ1) is 9.50. The lowest BCUT2D eigenvalue weighted by atomic mass is 10.0. The number of carbonyl (C=O) groups excluding carboxylic acids is 4. The second-order valence-corrected chi connectivity index (χ2v) is 4.65. The molecule has 0 saturated carbocycles. The Bertz CT molecular complexity index is 619. The minimum Gasteiger partial charge on any atom is -0.383 e. The molecule has 0 aliphatic carbocycles. The fourth-order valence-electron chi connectivity index (χ4n) is 2.43. The summed E-state index contributed by atoms with van der Waals surface area (Å²) in [6.07, 6.45) is -1.70. The van der Waals surface area contributed by atoms with Crippen molar-refractivity contribution in [1.29, 1.82) is 0 Å². The standard InChI is InChI=1S/C13H10N2O5/c16-9-5-8(10(17)14-11(9)18)15-12(19)6-3-1-2-4-7(6)13(15)20/h1-4,8-9,16H,5H2,(H,14,17,18)/t8-,9?/m0/s1. The van der Waals surface area contributed by atoms with Crippen LogP contribution in [0.1, 0.15) is 27.1 Å². The molecule has 0 bridgehead atoms. The lowest BCUT2D eigenvalue weighted by Crippen LogP contribution is -2.58. The van der Waals surface area contributed by atoms with Gasteiger partial charge in [0.1, 0.15) is 12.1 Å². The van der Waals surface area contributed by atoms with Gasteiger partial charge in [0.2, 0.25) is 5.91 Å². The van der Waals surface area contributed by atoms with Gasteiger partial charge in [-0.15, -0.1) is 0 Å². The van der Waals surface area contributed by atoms with Crippen LogP contribution in [-0.4, -0.2) is 45.8 Å². The quantitative estimate of drug-likeness (QED) is 0.643. The highest BCUT2D eigenvalue weighted by Crippen LogP contribution is 2.27. The Hall–Kier alpha value is -2.54. The van der Waals surface area contributed by atoms with Crippen LogP contribution in [0.5, 0.6) is 0 Å². The van der Waals surface area contributed by atoms with Crippen molar-refractivity contribution in [1.82, 2.24) is 10.2 Å². The predicted octanol–water partition coefficient (Wildman–Crippen LogP) is -0.941. The van der Waals surface area contributed by atoms with E-state index in [9.17, 15) is 24.3 Å². The predicted molar refractivity (Wildman–Crippen MR) is 64.5 cm³/mol. The first-order valence-electron chi connectivity index (χ1n) is 6.00. The molecule has 2 aliphatic rings. The van der Waals surface area contributed by atoms with Crippen LogP contribution >= 0.6 is 0 Å². The fourth-order valence-corrected chi connectivity index (χ4v) is 2.43. The first kappa shape index (κ1) is 12.5. The van der Waals surface area contributed by atoms with Crippen LogP contribution in [0.4, 0.5) is 0 Å². The zero-order valence-electron chi connectivity index (χ0n) is 10.2. The third kappa shape index (κ3) is 1.64. The largest absolute Gasteiger partial charge is 0.383 e. The number of hydrogen-bond donors (Lipinski definition) is 2. The number of rotatable bonds is 1. The lowest BCUT2D eigenvalue weighted by molar-refractivity contribution is -0.143. The molecule has 20 heavy (non-hydrogen) atoms. The highest BCUT2D eigenvalue weighted by Gasteiger charge is 2.46. The van der Waals surface area contributed by atoms with Crippen molar-refractivity contribution in [3.63, 3.8) is 0 Å². The molecule has 7 nitrogen and oxygen atoms in total. The van der Waals surface area contributed by atoms with Crippen LogP contribution < -0.4 is 5.32 Å². The molecule has 0 spiro atoms. The molecule has 2 N–H and O–H groups in total. The monoisotopic (exact) mass is 274 g/mol. The van der Waals surface area contributed by atoms with Crippen LogP contribution in [-0.2, 0) is 9.59 Å². The van der Waals surface area contributed by atoms with Crippen molar-refractivity contribution in [2.24, 2.45) is 0 Å². The number of nitrogens with one attached hydrogen (secondary N) is 1. The molecule has 102 valence electrons. The smallest absolute Gasteiger partial charge is 0.262 e. The second-order valence-electron chi connectivity index (χ2n) is 4.65. The van der Waals surface area contributed by atoms with Gasteiger partial charge >= 0.3 is 0 Å². The highest BCUT2D eigenvalue weighted by molar-refractivity contribution is 6.23. The summed E-state index contributed by atoms with van der Waals surface area (Å²) in [7, 11) is 0. The third-order valence-corrected chi connectivity index (χ3v) is 3.44.